The Labute approximate surface area is 157 Å². The quantitative estimate of drug-likeness (QED) is 0.555. The number of thiazole rings is 1. The van der Waals surface area contributed by atoms with Gasteiger partial charge >= 0.3 is 0 Å². The van der Waals surface area contributed by atoms with Crippen molar-refractivity contribution in [3.63, 3.8) is 0 Å². The van der Waals surface area contributed by atoms with E-state index in [-0.39, 0.29) is 11.1 Å². The van der Waals surface area contributed by atoms with E-state index in [1.165, 1.54) is 29.8 Å². The number of halogens is 1. The molecule has 9 heteroatoms. The van der Waals surface area contributed by atoms with Gasteiger partial charge < -0.3 is 10.6 Å². The Morgan fingerprint density at radius 1 is 1.15 bits per heavy atom. The van der Waals surface area contributed by atoms with Crippen molar-refractivity contribution >= 4 is 39.0 Å². The molecule has 0 fully saturated rings. The number of benzene rings is 1. The monoisotopic (exact) mass is 377 g/mol. The minimum absolute atomic E-state index is 0.201. The van der Waals surface area contributed by atoms with Gasteiger partial charge in [-0.1, -0.05) is 6.07 Å². The van der Waals surface area contributed by atoms with Gasteiger partial charge in [-0.05, 0) is 18.2 Å². The van der Waals surface area contributed by atoms with Gasteiger partial charge in [0.2, 0.25) is 0 Å². The average Bonchev–Trinajstić information content (AvgIpc) is 3.12. The van der Waals surface area contributed by atoms with Crippen LogP contribution in [0.15, 0.2) is 42.9 Å². The maximum absolute atomic E-state index is 14.3. The molecule has 0 amide bonds. The second kappa shape index (κ2) is 6.93. The first-order valence-corrected chi connectivity index (χ1v) is 8.72. The van der Waals surface area contributed by atoms with Crippen LogP contribution >= 0.6 is 11.3 Å². The summed E-state index contributed by atoms with van der Waals surface area (Å²) >= 11 is 1.26. The maximum Gasteiger partial charge on any atom is 0.151 e. The van der Waals surface area contributed by atoms with Crippen LogP contribution in [-0.2, 0) is 0 Å². The number of rotatable bonds is 4. The number of nitrogens with zero attached hydrogens (tertiary/aromatic N) is 5. The molecular formula is C18H12FN7S. The van der Waals surface area contributed by atoms with Crippen LogP contribution in [0.4, 0.5) is 21.8 Å². The molecule has 0 atom stereocenters. The smallest absolute Gasteiger partial charge is 0.151 e. The fraction of sp³-hybridized carbons (Fsp3) is 0.0556. The van der Waals surface area contributed by atoms with E-state index in [4.69, 9.17) is 0 Å². The Hall–Kier alpha value is -3.64. The molecule has 0 saturated carbocycles. The molecule has 27 heavy (non-hydrogen) atoms. The highest BCUT2D eigenvalue weighted by Gasteiger charge is 2.17. The van der Waals surface area contributed by atoms with Crippen LogP contribution in [-0.4, -0.2) is 27.0 Å². The second-order valence-electron chi connectivity index (χ2n) is 5.46. The molecule has 0 spiro atoms. The topological polar surface area (TPSA) is 99.4 Å². The van der Waals surface area contributed by atoms with Crippen LogP contribution in [0.3, 0.4) is 0 Å². The number of anilines is 3. The Morgan fingerprint density at radius 3 is 2.81 bits per heavy atom. The molecular weight excluding hydrogens is 365 g/mol. The molecule has 0 aliphatic rings. The highest BCUT2D eigenvalue weighted by atomic mass is 32.1. The third-order valence-electron chi connectivity index (χ3n) is 3.82. The number of aromatic nitrogens is 4. The maximum atomic E-state index is 14.3. The third-order valence-corrected chi connectivity index (χ3v) is 4.92. The normalized spacial score (nSPS) is 10.6. The molecule has 3 heterocycles. The zero-order chi connectivity index (χ0) is 18.8. The summed E-state index contributed by atoms with van der Waals surface area (Å²) in [7, 11) is 1.77. The first kappa shape index (κ1) is 16.8. The van der Waals surface area contributed by atoms with Crippen LogP contribution in [0, 0.1) is 17.1 Å². The number of fused-ring (bicyclic) bond motifs is 1. The van der Waals surface area contributed by atoms with Gasteiger partial charge in [-0.15, -0.1) is 11.3 Å². The van der Waals surface area contributed by atoms with Crippen molar-refractivity contribution in [1.82, 2.24) is 19.9 Å². The Morgan fingerprint density at radius 2 is 2.00 bits per heavy atom. The SMILES string of the molecule is CNc1cc(Nc2nccc3nc(-c4c(F)cccc4C#N)sc23)ncn1. The summed E-state index contributed by atoms with van der Waals surface area (Å²) in [5, 5.41) is 15.8. The molecule has 0 aliphatic carbocycles. The van der Waals surface area contributed by atoms with E-state index < -0.39 is 5.82 Å². The van der Waals surface area contributed by atoms with E-state index in [1.807, 2.05) is 6.07 Å². The molecule has 132 valence electrons. The Bertz CT molecular complexity index is 1180. The number of nitriles is 1. The van der Waals surface area contributed by atoms with Crippen LogP contribution in [0.1, 0.15) is 5.56 Å². The van der Waals surface area contributed by atoms with E-state index in [0.717, 1.165) is 4.70 Å². The molecule has 1 aromatic carbocycles. The van der Waals surface area contributed by atoms with Gasteiger partial charge in [-0.2, -0.15) is 5.26 Å². The number of nitrogens with one attached hydrogen (secondary N) is 2. The minimum Gasteiger partial charge on any atom is -0.373 e. The van der Waals surface area contributed by atoms with Crippen LogP contribution in [0.5, 0.6) is 0 Å². The summed E-state index contributed by atoms with van der Waals surface area (Å²) in [6, 6.07) is 9.90. The summed E-state index contributed by atoms with van der Waals surface area (Å²) in [6.45, 7) is 0. The van der Waals surface area contributed by atoms with Crippen LogP contribution in [0.25, 0.3) is 20.8 Å². The first-order valence-electron chi connectivity index (χ1n) is 7.91. The van der Waals surface area contributed by atoms with Crippen molar-refractivity contribution < 1.29 is 4.39 Å². The Balaban J connectivity index is 1.81. The fourth-order valence-electron chi connectivity index (χ4n) is 2.57. The highest BCUT2D eigenvalue weighted by molar-refractivity contribution is 7.22. The van der Waals surface area contributed by atoms with E-state index in [0.29, 0.717) is 28.0 Å². The van der Waals surface area contributed by atoms with E-state index in [9.17, 15) is 9.65 Å². The minimum atomic E-state index is -0.481. The van der Waals surface area contributed by atoms with Gasteiger partial charge in [-0.25, -0.2) is 24.3 Å². The summed E-state index contributed by atoms with van der Waals surface area (Å²) in [5.41, 5.74) is 1.10. The van der Waals surface area contributed by atoms with E-state index in [2.05, 4.69) is 30.6 Å². The molecule has 0 radical (unpaired) electrons. The summed E-state index contributed by atoms with van der Waals surface area (Å²) < 4.78 is 15.1. The molecule has 0 bridgehead atoms. The Kier molecular flexibility index (Phi) is 4.32. The van der Waals surface area contributed by atoms with Gasteiger partial charge in [0.15, 0.2) is 5.82 Å². The number of hydrogen-bond donors (Lipinski definition) is 2. The van der Waals surface area contributed by atoms with Crippen molar-refractivity contribution in [2.24, 2.45) is 0 Å². The van der Waals surface area contributed by atoms with E-state index >= 15 is 0 Å². The fourth-order valence-corrected chi connectivity index (χ4v) is 3.64. The van der Waals surface area contributed by atoms with Gasteiger partial charge in [0.1, 0.15) is 28.8 Å². The summed E-state index contributed by atoms with van der Waals surface area (Å²) in [5.74, 6) is 1.29. The van der Waals surface area contributed by atoms with Crippen molar-refractivity contribution in [1.29, 1.82) is 5.26 Å². The number of hydrogen-bond acceptors (Lipinski definition) is 8. The predicted octanol–water partition coefficient (Wildman–Crippen LogP) is 3.94. The molecule has 0 unspecified atom stereocenters. The first-order chi connectivity index (χ1) is 13.2. The third kappa shape index (κ3) is 3.14. The van der Waals surface area contributed by atoms with Gasteiger partial charge in [0.05, 0.1) is 27.4 Å². The van der Waals surface area contributed by atoms with Crippen molar-refractivity contribution in [2.45, 2.75) is 0 Å². The van der Waals surface area contributed by atoms with Crippen molar-refractivity contribution in [3.05, 3.63) is 54.2 Å². The summed E-state index contributed by atoms with van der Waals surface area (Å²) in [6.07, 6.45) is 3.05. The lowest BCUT2D eigenvalue weighted by atomic mass is 10.1. The molecule has 4 rings (SSSR count). The largest absolute Gasteiger partial charge is 0.373 e. The second-order valence-corrected chi connectivity index (χ2v) is 6.46. The summed E-state index contributed by atoms with van der Waals surface area (Å²) in [4.78, 5) is 17.1. The molecule has 7 nitrogen and oxygen atoms in total. The average molecular weight is 377 g/mol. The van der Waals surface area contributed by atoms with Gasteiger partial charge in [0, 0.05) is 19.3 Å². The lowest BCUT2D eigenvalue weighted by molar-refractivity contribution is 0.631. The lowest BCUT2D eigenvalue weighted by Gasteiger charge is -2.06. The van der Waals surface area contributed by atoms with Crippen molar-refractivity contribution in [3.8, 4) is 16.6 Å². The highest BCUT2D eigenvalue weighted by Crippen LogP contribution is 2.36. The zero-order valence-corrected chi connectivity index (χ0v) is 14.9. The zero-order valence-electron chi connectivity index (χ0n) is 14.1. The predicted molar refractivity (Wildman–Crippen MR) is 102 cm³/mol. The van der Waals surface area contributed by atoms with E-state index in [1.54, 1.807) is 31.4 Å². The van der Waals surface area contributed by atoms with Crippen LogP contribution in [0.2, 0.25) is 0 Å². The number of pyridine rings is 1. The molecule has 3 aromatic heterocycles. The van der Waals surface area contributed by atoms with Crippen LogP contribution < -0.4 is 10.6 Å². The molecule has 2 N–H and O–H groups in total. The van der Waals surface area contributed by atoms with Crippen molar-refractivity contribution in [2.75, 3.05) is 17.7 Å². The molecule has 0 aliphatic heterocycles. The van der Waals surface area contributed by atoms with Gasteiger partial charge in [0.25, 0.3) is 0 Å². The standard InChI is InChI=1S/C18H12FN7S/c1-21-13-7-14(24-9-23-13)26-17-16-12(5-6-22-17)25-18(27-16)15-10(8-20)3-2-4-11(15)19/h2-7,9H,1H3,(H2,21,22,23,24,26). The lowest BCUT2D eigenvalue weighted by Crippen LogP contribution is -1.99. The molecule has 0 saturated heterocycles. The molecule has 4 aromatic rings. The van der Waals surface area contributed by atoms with Gasteiger partial charge in [-0.3, -0.25) is 0 Å².